The predicted molar refractivity (Wildman–Crippen MR) is 128 cm³/mol. The Hall–Kier alpha value is -1.03. The van der Waals surface area contributed by atoms with E-state index in [1.807, 2.05) is 36.4 Å². The number of hydrogen-bond donors (Lipinski definition) is 1. The first kappa shape index (κ1) is 28.0. The Morgan fingerprint density at radius 2 is 1.68 bits per heavy atom. The number of carboxylic acid groups (broad SMARTS) is 1. The summed E-state index contributed by atoms with van der Waals surface area (Å²) in [5.74, 6) is -1.29. The molecular formula is C22H27CaNO5S2. The summed E-state index contributed by atoms with van der Waals surface area (Å²) < 4.78 is 0. The van der Waals surface area contributed by atoms with Crippen molar-refractivity contribution in [2.45, 2.75) is 29.5 Å². The molecule has 164 valence electrons. The van der Waals surface area contributed by atoms with E-state index < -0.39 is 17.9 Å². The Bertz CT molecular complexity index is 880. The van der Waals surface area contributed by atoms with Crippen molar-refractivity contribution in [3.05, 3.63) is 66.2 Å². The van der Waals surface area contributed by atoms with Gasteiger partial charge in [0.1, 0.15) is 6.04 Å². The smallest absolute Gasteiger partial charge is 1.00 e. The van der Waals surface area contributed by atoms with Crippen LogP contribution in [0.5, 0.6) is 0 Å². The van der Waals surface area contributed by atoms with Gasteiger partial charge in [0, 0.05) is 33.9 Å². The largest absolute Gasteiger partial charge is 2.00 e. The standard InChI is InChI=1S/C22H23NO4S2.Ca.H2O.2H/c1-15(14-28-22(27)16-8-4-2-5-9-16)20(24)23-13-18(12-19(23)21(25)26)29-17-10-6-3-7-11-17;;;;/h2-11,15,18-19H,12-14H2,1H3,(H,25,26);;1H2;;/q;+2;;2*-1/t15-,18+,19+;;;;/m1..../s1. The molecule has 0 aliphatic carbocycles. The molecule has 3 atom stereocenters. The van der Waals surface area contributed by atoms with E-state index >= 15 is 0 Å². The van der Waals surface area contributed by atoms with Gasteiger partial charge in [-0.25, -0.2) is 4.79 Å². The first-order valence-corrected chi connectivity index (χ1v) is 11.3. The van der Waals surface area contributed by atoms with Crippen molar-refractivity contribution in [1.82, 2.24) is 4.90 Å². The molecule has 1 aliphatic rings. The van der Waals surface area contributed by atoms with Gasteiger partial charge in [-0.3, -0.25) is 9.59 Å². The fourth-order valence-electron chi connectivity index (χ4n) is 3.26. The van der Waals surface area contributed by atoms with Gasteiger partial charge < -0.3 is 18.3 Å². The molecule has 31 heavy (non-hydrogen) atoms. The minimum atomic E-state index is -0.977. The van der Waals surface area contributed by atoms with Crippen LogP contribution in [0.4, 0.5) is 0 Å². The van der Waals surface area contributed by atoms with Crippen molar-refractivity contribution in [2.75, 3.05) is 12.3 Å². The van der Waals surface area contributed by atoms with E-state index in [-0.39, 0.29) is 62.3 Å². The van der Waals surface area contributed by atoms with Gasteiger partial charge in [0.2, 0.25) is 11.0 Å². The second-order valence-corrected chi connectivity index (χ2v) is 9.37. The number of likely N-dealkylation sites (tertiary alicyclic amines) is 1. The number of amides is 1. The number of thioether (sulfide) groups is 2. The van der Waals surface area contributed by atoms with Crippen LogP contribution >= 0.6 is 23.5 Å². The second kappa shape index (κ2) is 13.5. The molecule has 3 rings (SSSR count). The number of carbonyl (C=O) groups is 3. The summed E-state index contributed by atoms with van der Waals surface area (Å²) in [6.07, 6.45) is 0.420. The quantitative estimate of drug-likeness (QED) is 0.599. The van der Waals surface area contributed by atoms with Crippen molar-refractivity contribution in [2.24, 2.45) is 5.92 Å². The molecule has 0 saturated carbocycles. The number of hydrogen-bond acceptors (Lipinski definition) is 5. The summed E-state index contributed by atoms with van der Waals surface area (Å²) in [5.41, 5.74) is 0.598. The molecule has 1 fully saturated rings. The predicted octanol–water partition coefficient (Wildman–Crippen LogP) is 3.06. The van der Waals surface area contributed by atoms with Crippen molar-refractivity contribution in [3.8, 4) is 0 Å². The number of benzene rings is 2. The van der Waals surface area contributed by atoms with Crippen LogP contribution in [-0.4, -0.2) is 93.8 Å². The summed E-state index contributed by atoms with van der Waals surface area (Å²) in [4.78, 5) is 39.5. The molecule has 6 nitrogen and oxygen atoms in total. The molecule has 2 aromatic carbocycles. The van der Waals surface area contributed by atoms with Crippen molar-refractivity contribution in [1.29, 1.82) is 0 Å². The van der Waals surface area contributed by atoms with Crippen LogP contribution in [0.25, 0.3) is 0 Å². The van der Waals surface area contributed by atoms with E-state index in [0.29, 0.717) is 24.3 Å². The van der Waals surface area contributed by atoms with Gasteiger partial charge in [-0.1, -0.05) is 67.2 Å². The molecule has 1 aliphatic heterocycles. The van der Waals surface area contributed by atoms with Gasteiger partial charge in [-0.15, -0.1) is 11.8 Å². The molecule has 1 saturated heterocycles. The van der Waals surface area contributed by atoms with Crippen LogP contribution in [0, 0.1) is 5.92 Å². The van der Waals surface area contributed by atoms with Crippen LogP contribution in [0.3, 0.4) is 0 Å². The van der Waals surface area contributed by atoms with Crippen molar-refractivity contribution < 1.29 is 27.8 Å². The SMILES string of the molecule is C[C@H](CSC(=O)c1ccccc1)C(=O)N1C[C@@H](Sc2ccccc2)C[C@H]1C(=O)O.O.[Ca+2].[H-].[H-]. The first-order valence-electron chi connectivity index (χ1n) is 9.43. The Morgan fingerprint density at radius 3 is 2.26 bits per heavy atom. The molecule has 1 heterocycles. The van der Waals surface area contributed by atoms with Crippen LogP contribution in [-0.2, 0) is 9.59 Å². The zero-order valence-corrected chi connectivity index (χ0v) is 21.1. The van der Waals surface area contributed by atoms with E-state index in [9.17, 15) is 19.5 Å². The maximum atomic E-state index is 12.9. The number of aliphatic carboxylic acids is 1. The van der Waals surface area contributed by atoms with Crippen molar-refractivity contribution >= 4 is 78.3 Å². The molecule has 9 heteroatoms. The number of nitrogens with zero attached hydrogens (tertiary/aromatic N) is 1. The molecule has 0 radical (unpaired) electrons. The van der Waals surface area contributed by atoms with E-state index in [1.54, 1.807) is 43.0 Å². The summed E-state index contributed by atoms with van der Waals surface area (Å²) in [6, 6.07) is 17.9. The Balaban J connectivity index is 0. The maximum absolute atomic E-state index is 12.9. The van der Waals surface area contributed by atoms with Gasteiger partial charge in [-0.2, -0.15) is 0 Å². The molecule has 0 spiro atoms. The maximum Gasteiger partial charge on any atom is 2.00 e. The first-order chi connectivity index (χ1) is 14.0. The molecule has 3 N–H and O–H groups in total. The van der Waals surface area contributed by atoms with Gasteiger partial charge in [-0.05, 0) is 18.6 Å². The molecule has 0 unspecified atom stereocenters. The number of carboxylic acids is 1. The molecule has 0 bridgehead atoms. The fourth-order valence-corrected chi connectivity index (χ4v) is 5.32. The molecule has 0 aromatic heterocycles. The van der Waals surface area contributed by atoms with E-state index in [0.717, 1.165) is 16.7 Å². The zero-order chi connectivity index (χ0) is 20.8. The third kappa shape index (κ3) is 7.80. The minimum Gasteiger partial charge on any atom is -1.00 e. The number of rotatable bonds is 7. The van der Waals surface area contributed by atoms with E-state index in [4.69, 9.17) is 0 Å². The van der Waals surface area contributed by atoms with E-state index in [2.05, 4.69) is 0 Å². The van der Waals surface area contributed by atoms with E-state index in [1.165, 1.54) is 4.90 Å². The third-order valence-corrected chi connectivity index (χ3v) is 7.16. The topological polar surface area (TPSA) is 106 Å². The second-order valence-electron chi connectivity index (χ2n) is 7.00. The van der Waals surface area contributed by atoms with Crippen LogP contribution in [0.1, 0.15) is 26.6 Å². The van der Waals surface area contributed by atoms with Crippen LogP contribution in [0.15, 0.2) is 65.6 Å². The van der Waals surface area contributed by atoms with Crippen LogP contribution < -0.4 is 0 Å². The third-order valence-electron chi connectivity index (χ3n) is 4.77. The van der Waals surface area contributed by atoms with Crippen LogP contribution in [0.2, 0.25) is 0 Å². The van der Waals surface area contributed by atoms with Gasteiger partial charge >= 0.3 is 43.7 Å². The molecular weight excluding hydrogens is 462 g/mol. The van der Waals surface area contributed by atoms with Gasteiger partial charge in [0.05, 0.1) is 0 Å². The average Bonchev–Trinajstić information content (AvgIpc) is 3.16. The minimum absolute atomic E-state index is 0. The monoisotopic (exact) mass is 489 g/mol. The Kier molecular flexibility index (Phi) is 12.2. The number of carbonyl (C=O) groups excluding carboxylic acids is 2. The molecule has 2 aromatic rings. The average molecular weight is 490 g/mol. The Morgan fingerprint density at radius 1 is 1.10 bits per heavy atom. The summed E-state index contributed by atoms with van der Waals surface area (Å²) in [7, 11) is 0. The fraction of sp³-hybridized carbons (Fsp3) is 0.318. The van der Waals surface area contributed by atoms with Gasteiger partial charge in [0.15, 0.2) is 0 Å². The summed E-state index contributed by atoms with van der Waals surface area (Å²) >= 11 is 2.70. The van der Waals surface area contributed by atoms with Gasteiger partial charge in [0.25, 0.3) is 0 Å². The molecule has 1 amide bonds. The normalized spacial score (nSPS) is 18.4. The summed E-state index contributed by atoms with van der Waals surface area (Å²) in [6.45, 7) is 2.15. The zero-order valence-electron chi connectivity index (χ0n) is 19.3. The van der Waals surface area contributed by atoms with Crippen molar-refractivity contribution in [3.63, 3.8) is 0 Å². The Labute approximate surface area is 223 Å². The summed E-state index contributed by atoms with van der Waals surface area (Å²) in [5, 5.41) is 9.55.